The maximum absolute atomic E-state index is 10.5. The highest BCUT2D eigenvalue weighted by molar-refractivity contribution is 14.1. The van der Waals surface area contributed by atoms with Crippen molar-refractivity contribution in [3.8, 4) is 0 Å². The fourth-order valence-electron chi connectivity index (χ4n) is 0.322. The third kappa shape index (κ3) is 4.09. The summed E-state index contributed by atoms with van der Waals surface area (Å²) in [6, 6.07) is 0. The van der Waals surface area contributed by atoms with Crippen molar-refractivity contribution in [2.75, 3.05) is 0 Å². The van der Waals surface area contributed by atoms with Crippen molar-refractivity contribution in [2.24, 2.45) is 5.41 Å². The maximum atomic E-state index is 10.5. The minimum Gasteiger partial charge on any atom is -0.451 e. The van der Waals surface area contributed by atoms with Gasteiger partial charge in [0.2, 0.25) is 0 Å². The standard InChI is InChI=1S/C7H13IO2/c1-5(9)10-6(8)7(2,3)4/h6H,1-4H3. The van der Waals surface area contributed by atoms with Crippen LogP contribution in [0.3, 0.4) is 0 Å². The van der Waals surface area contributed by atoms with Gasteiger partial charge in [-0.05, 0) is 22.6 Å². The zero-order valence-corrected chi connectivity index (χ0v) is 8.93. The lowest BCUT2D eigenvalue weighted by Gasteiger charge is -2.24. The molecule has 0 radical (unpaired) electrons. The van der Waals surface area contributed by atoms with E-state index in [1.807, 2.05) is 20.8 Å². The van der Waals surface area contributed by atoms with Crippen molar-refractivity contribution in [1.29, 1.82) is 0 Å². The van der Waals surface area contributed by atoms with Crippen molar-refractivity contribution in [3.63, 3.8) is 0 Å². The van der Waals surface area contributed by atoms with E-state index in [0.717, 1.165) is 0 Å². The normalized spacial score (nSPS) is 14.5. The number of esters is 1. The van der Waals surface area contributed by atoms with Crippen molar-refractivity contribution in [1.82, 2.24) is 0 Å². The van der Waals surface area contributed by atoms with Gasteiger partial charge in [-0.15, -0.1) is 0 Å². The zero-order valence-electron chi connectivity index (χ0n) is 6.77. The van der Waals surface area contributed by atoms with E-state index in [1.54, 1.807) is 0 Å². The Morgan fingerprint density at radius 1 is 1.50 bits per heavy atom. The molecule has 0 aliphatic heterocycles. The molecule has 0 spiro atoms. The van der Waals surface area contributed by atoms with Crippen LogP contribution in [0.25, 0.3) is 0 Å². The number of alkyl halides is 1. The Hall–Kier alpha value is 0.200. The summed E-state index contributed by atoms with van der Waals surface area (Å²) in [5, 5.41) is 0. The van der Waals surface area contributed by atoms with Crippen LogP contribution in [0.1, 0.15) is 27.7 Å². The summed E-state index contributed by atoms with van der Waals surface area (Å²) in [6.45, 7) is 7.53. The average Bonchev–Trinajstić information content (AvgIpc) is 1.60. The molecule has 0 aliphatic rings. The molecule has 0 aliphatic carbocycles. The molecule has 0 aromatic heterocycles. The van der Waals surface area contributed by atoms with Gasteiger partial charge in [-0.25, -0.2) is 0 Å². The summed E-state index contributed by atoms with van der Waals surface area (Å²) >= 11 is 2.12. The van der Waals surface area contributed by atoms with Crippen LogP contribution < -0.4 is 0 Å². The molecule has 2 nitrogen and oxygen atoms in total. The smallest absolute Gasteiger partial charge is 0.303 e. The van der Waals surface area contributed by atoms with E-state index < -0.39 is 0 Å². The van der Waals surface area contributed by atoms with E-state index >= 15 is 0 Å². The van der Waals surface area contributed by atoms with Gasteiger partial charge in [0.25, 0.3) is 0 Å². The van der Waals surface area contributed by atoms with Crippen LogP contribution in [0, 0.1) is 5.41 Å². The van der Waals surface area contributed by atoms with Gasteiger partial charge in [0.15, 0.2) is 4.11 Å². The minimum absolute atomic E-state index is 0.0340. The first kappa shape index (κ1) is 10.2. The molecule has 0 N–H and O–H groups in total. The van der Waals surface area contributed by atoms with Crippen LogP contribution in [0.2, 0.25) is 0 Å². The molecular formula is C7H13IO2. The second kappa shape index (κ2) is 3.55. The van der Waals surface area contributed by atoms with Gasteiger partial charge >= 0.3 is 5.97 Å². The number of halogens is 1. The van der Waals surface area contributed by atoms with E-state index in [9.17, 15) is 4.79 Å². The van der Waals surface area contributed by atoms with Gasteiger partial charge in [-0.3, -0.25) is 4.79 Å². The highest BCUT2D eigenvalue weighted by Crippen LogP contribution is 2.27. The predicted molar refractivity (Wildman–Crippen MR) is 49.0 cm³/mol. The highest BCUT2D eigenvalue weighted by atomic mass is 127. The Kier molecular flexibility index (Phi) is 3.62. The summed E-state index contributed by atoms with van der Waals surface area (Å²) in [4.78, 5) is 10.5. The van der Waals surface area contributed by atoms with E-state index in [1.165, 1.54) is 6.92 Å². The van der Waals surface area contributed by atoms with Crippen molar-refractivity contribution < 1.29 is 9.53 Å². The van der Waals surface area contributed by atoms with Gasteiger partial charge in [0.1, 0.15) is 0 Å². The largest absolute Gasteiger partial charge is 0.451 e. The van der Waals surface area contributed by atoms with Gasteiger partial charge in [0, 0.05) is 12.3 Å². The predicted octanol–water partition coefficient (Wildman–Crippen LogP) is 2.36. The highest BCUT2D eigenvalue weighted by Gasteiger charge is 2.23. The maximum Gasteiger partial charge on any atom is 0.303 e. The summed E-state index contributed by atoms with van der Waals surface area (Å²) in [7, 11) is 0. The third-order valence-corrected chi connectivity index (χ3v) is 3.07. The molecule has 3 heteroatoms. The molecular weight excluding hydrogens is 243 g/mol. The fraction of sp³-hybridized carbons (Fsp3) is 0.857. The first-order chi connectivity index (χ1) is 4.34. The van der Waals surface area contributed by atoms with Crippen molar-refractivity contribution in [2.45, 2.75) is 31.8 Å². The monoisotopic (exact) mass is 256 g/mol. The topological polar surface area (TPSA) is 26.3 Å². The van der Waals surface area contributed by atoms with Gasteiger partial charge in [0.05, 0.1) is 0 Å². The number of hydrogen-bond donors (Lipinski definition) is 0. The average molecular weight is 256 g/mol. The molecule has 0 amide bonds. The zero-order chi connectivity index (χ0) is 8.36. The first-order valence-corrected chi connectivity index (χ1v) is 4.40. The number of rotatable bonds is 1. The van der Waals surface area contributed by atoms with Gasteiger partial charge in [-0.1, -0.05) is 20.8 Å². The number of hydrogen-bond acceptors (Lipinski definition) is 2. The molecule has 10 heavy (non-hydrogen) atoms. The van der Waals surface area contributed by atoms with Crippen molar-refractivity contribution in [3.05, 3.63) is 0 Å². The number of carbonyl (C=O) groups excluding carboxylic acids is 1. The van der Waals surface area contributed by atoms with Crippen molar-refractivity contribution >= 4 is 28.6 Å². The van der Waals surface area contributed by atoms with E-state index in [4.69, 9.17) is 4.74 Å². The summed E-state index contributed by atoms with van der Waals surface area (Å²) in [5.41, 5.74) is 0.0340. The Balaban J connectivity index is 3.85. The molecule has 0 aromatic rings. The molecule has 0 rings (SSSR count). The molecule has 0 bridgehead atoms. The summed E-state index contributed by atoms with van der Waals surface area (Å²) < 4.78 is 4.92. The molecule has 1 atom stereocenters. The molecule has 0 fully saturated rings. The van der Waals surface area contributed by atoms with Crippen LogP contribution in [0.15, 0.2) is 0 Å². The lowest BCUT2D eigenvalue weighted by atomic mass is 9.99. The van der Waals surface area contributed by atoms with E-state index in [-0.39, 0.29) is 15.5 Å². The molecule has 0 saturated carbocycles. The lowest BCUT2D eigenvalue weighted by molar-refractivity contribution is -0.144. The second-order valence-electron chi connectivity index (χ2n) is 3.29. The van der Waals surface area contributed by atoms with Crippen LogP contribution in [0.4, 0.5) is 0 Å². The molecule has 1 unspecified atom stereocenters. The summed E-state index contributed by atoms with van der Waals surface area (Å²) in [5.74, 6) is -0.214. The quantitative estimate of drug-likeness (QED) is 0.409. The molecule has 0 heterocycles. The van der Waals surface area contributed by atoms with E-state index in [2.05, 4.69) is 22.6 Å². The molecule has 0 saturated heterocycles. The molecule has 0 aromatic carbocycles. The Bertz CT molecular complexity index is 126. The third-order valence-electron chi connectivity index (χ3n) is 0.950. The second-order valence-corrected chi connectivity index (χ2v) is 4.42. The van der Waals surface area contributed by atoms with Crippen LogP contribution in [0.5, 0.6) is 0 Å². The Morgan fingerprint density at radius 3 is 2.00 bits per heavy atom. The van der Waals surface area contributed by atoms with Crippen LogP contribution >= 0.6 is 22.6 Å². The number of ether oxygens (including phenoxy) is 1. The SMILES string of the molecule is CC(=O)OC(I)C(C)(C)C. The first-order valence-electron chi connectivity index (χ1n) is 3.15. The fourth-order valence-corrected chi connectivity index (χ4v) is 0.681. The van der Waals surface area contributed by atoms with Gasteiger partial charge in [-0.2, -0.15) is 0 Å². The van der Waals surface area contributed by atoms with Crippen LogP contribution in [-0.2, 0) is 9.53 Å². The van der Waals surface area contributed by atoms with E-state index in [0.29, 0.717) is 0 Å². The minimum atomic E-state index is -0.214. The Labute approximate surface area is 75.5 Å². The van der Waals surface area contributed by atoms with Crippen LogP contribution in [-0.4, -0.2) is 10.1 Å². The van der Waals surface area contributed by atoms with Gasteiger partial charge < -0.3 is 4.74 Å². The molecule has 60 valence electrons. The lowest BCUT2D eigenvalue weighted by Crippen LogP contribution is -2.24. The Morgan fingerprint density at radius 2 is 1.90 bits per heavy atom. The summed E-state index contributed by atoms with van der Waals surface area (Å²) in [6.07, 6.45) is 0. The number of carbonyl (C=O) groups is 1.